The molecule has 0 N–H and O–H groups in total. The van der Waals surface area contributed by atoms with Gasteiger partial charge >= 0.3 is 5.97 Å². The highest BCUT2D eigenvalue weighted by molar-refractivity contribution is 5.69. The number of nitroso groups, excluding NO2 is 1. The molecule has 1 aliphatic rings. The summed E-state index contributed by atoms with van der Waals surface area (Å²) in [5, 5.41) is 2.95. The standard InChI is InChI=1S/C10H17NO4/c1-2-3-4-9(12)15-10(11-13)5-7-14-8-6-10/h2-8H2,1H3. The lowest BCUT2D eigenvalue weighted by Crippen LogP contribution is -2.38. The third-order valence-corrected chi connectivity index (χ3v) is 2.48. The molecule has 0 radical (unpaired) electrons. The highest BCUT2D eigenvalue weighted by Crippen LogP contribution is 2.27. The first-order valence-electron chi connectivity index (χ1n) is 5.36. The van der Waals surface area contributed by atoms with Crippen molar-refractivity contribution in [2.24, 2.45) is 5.18 Å². The first-order valence-corrected chi connectivity index (χ1v) is 5.36. The third kappa shape index (κ3) is 3.58. The number of nitrogens with zero attached hydrogens (tertiary/aromatic N) is 1. The van der Waals surface area contributed by atoms with E-state index in [1.54, 1.807) is 0 Å². The second kappa shape index (κ2) is 5.80. The van der Waals surface area contributed by atoms with Gasteiger partial charge < -0.3 is 9.47 Å². The fourth-order valence-electron chi connectivity index (χ4n) is 1.49. The molecule has 1 heterocycles. The summed E-state index contributed by atoms with van der Waals surface area (Å²) in [6, 6.07) is 0. The molecule has 0 aliphatic carbocycles. The summed E-state index contributed by atoms with van der Waals surface area (Å²) in [6.45, 7) is 2.84. The summed E-state index contributed by atoms with van der Waals surface area (Å²) in [5.74, 6) is -0.335. The maximum absolute atomic E-state index is 11.4. The molecule has 86 valence electrons. The van der Waals surface area contributed by atoms with Crippen LogP contribution in [0.3, 0.4) is 0 Å². The van der Waals surface area contributed by atoms with Crippen molar-refractivity contribution in [1.82, 2.24) is 0 Å². The van der Waals surface area contributed by atoms with Gasteiger partial charge in [-0.15, -0.1) is 4.91 Å². The number of unbranched alkanes of at least 4 members (excludes halogenated alkanes) is 1. The van der Waals surface area contributed by atoms with E-state index in [1.807, 2.05) is 6.92 Å². The van der Waals surface area contributed by atoms with Gasteiger partial charge in [-0.05, 0) is 11.6 Å². The van der Waals surface area contributed by atoms with Crippen LogP contribution in [0.25, 0.3) is 0 Å². The molecule has 0 saturated carbocycles. The van der Waals surface area contributed by atoms with E-state index in [4.69, 9.17) is 9.47 Å². The van der Waals surface area contributed by atoms with E-state index >= 15 is 0 Å². The highest BCUT2D eigenvalue weighted by Gasteiger charge is 2.37. The quantitative estimate of drug-likeness (QED) is 0.519. The van der Waals surface area contributed by atoms with Crippen molar-refractivity contribution in [3.05, 3.63) is 4.91 Å². The van der Waals surface area contributed by atoms with Crippen LogP contribution in [0, 0.1) is 4.91 Å². The zero-order chi connectivity index (χ0) is 11.1. The van der Waals surface area contributed by atoms with Gasteiger partial charge in [0.15, 0.2) is 0 Å². The van der Waals surface area contributed by atoms with E-state index in [-0.39, 0.29) is 5.97 Å². The Labute approximate surface area is 89.1 Å². The monoisotopic (exact) mass is 215 g/mol. The van der Waals surface area contributed by atoms with E-state index in [2.05, 4.69) is 5.18 Å². The van der Waals surface area contributed by atoms with Crippen LogP contribution in [0.2, 0.25) is 0 Å². The highest BCUT2D eigenvalue weighted by atomic mass is 16.6. The smallest absolute Gasteiger partial charge is 0.308 e. The van der Waals surface area contributed by atoms with Crippen molar-refractivity contribution in [3.8, 4) is 0 Å². The maximum atomic E-state index is 11.4. The molecule has 1 rings (SSSR count). The van der Waals surface area contributed by atoms with Crippen molar-refractivity contribution in [3.63, 3.8) is 0 Å². The van der Waals surface area contributed by atoms with Gasteiger partial charge in [-0.1, -0.05) is 13.3 Å². The van der Waals surface area contributed by atoms with Crippen LogP contribution >= 0.6 is 0 Å². The van der Waals surface area contributed by atoms with Crippen molar-refractivity contribution in [2.75, 3.05) is 13.2 Å². The largest absolute Gasteiger partial charge is 0.433 e. The van der Waals surface area contributed by atoms with E-state index in [9.17, 15) is 9.70 Å². The van der Waals surface area contributed by atoms with Crippen LogP contribution in [0.1, 0.15) is 39.0 Å². The minimum absolute atomic E-state index is 0.335. The van der Waals surface area contributed by atoms with E-state index in [1.165, 1.54) is 0 Å². The van der Waals surface area contributed by atoms with Gasteiger partial charge in [0.25, 0.3) is 0 Å². The Kier molecular flexibility index (Phi) is 4.68. The molecule has 0 spiro atoms. The Bertz CT molecular complexity index is 223. The van der Waals surface area contributed by atoms with Crippen molar-refractivity contribution >= 4 is 5.97 Å². The van der Waals surface area contributed by atoms with Gasteiger partial charge in [0, 0.05) is 19.3 Å². The second-order valence-corrected chi connectivity index (χ2v) is 3.73. The summed E-state index contributed by atoms with van der Waals surface area (Å²) < 4.78 is 10.2. The Balaban J connectivity index is 2.44. The first kappa shape index (κ1) is 12.1. The minimum Gasteiger partial charge on any atom is -0.433 e. The molecule has 0 amide bonds. The molecule has 0 aromatic heterocycles. The number of ether oxygens (including phenoxy) is 2. The predicted molar refractivity (Wildman–Crippen MR) is 54.2 cm³/mol. The molecule has 15 heavy (non-hydrogen) atoms. The Morgan fingerprint density at radius 1 is 1.47 bits per heavy atom. The second-order valence-electron chi connectivity index (χ2n) is 3.73. The van der Waals surface area contributed by atoms with Crippen molar-refractivity contribution < 1.29 is 14.3 Å². The van der Waals surface area contributed by atoms with Crippen LogP contribution in [-0.2, 0) is 14.3 Å². The molecule has 5 heteroatoms. The SMILES string of the molecule is CCCCC(=O)OC1(N=O)CCOCC1. The first-order chi connectivity index (χ1) is 7.22. The fraction of sp³-hybridized carbons (Fsp3) is 0.900. The molecule has 0 unspecified atom stereocenters. The van der Waals surface area contributed by atoms with Crippen molar-refractivity contribution in [1.29, 1.82) is 0 Å². The number of hydrogen-bond acceptors (Lipinski definition) is 5. The normalized spacial score (nSPS) is 19.5. The summed E-state index contributed by atoms with van der Waals surface area (Å²) >= 11 is 0. The summed E-state index contributed by atoms with van der Waals surface area (Å²) in [5.41, 5.74) is -1.16. The average molecular weight is 215 g/mol. The zero-order valence-electron chi connectivity index (χ0n) is 9.03. The lowest BCUT2D eigenvalue weighted by molar-refractivity contribution is -0.168. The zero-order valence-corrected chi connectivity index (χ0v) is 9.03. The summed E-state index contributed by atoms with van der Waals surface area (Å²) in [7, 11) is 0. The Hall–Kier alpha value is -0.970. The van der Waals surface area contributed by atoms with Crippen LogP contribution in [-0.4, -0.2) is 24.9 Å². The van der Waals surface area contributed by atoms with Gasteiger partial charge in [0.05, 0.1) is 13.2 Å². The maximum Gasteiger partial charge on any atom is 0.308 e. The molecule has 1 fully saturated rings. The minimum atomic E-state index is -1.16. The molecular weight excluding hydrogens is 198 g/mol. The lowest BCUT2D eigenvalue weighted by Gasteiger charge is -2.29. The number of rotatable bonds is 5. The Morgan fingerprint density at radius 2 is 2.13 bits per heavy atom. The van der Waals surface area contributed by atoms with Crippen LogP contribution in [0.15, 0.2) is 5.18 Å². The van der Waals surface area contributed by atoms with E-state index < -0.39 is 5.72 Å². The van der Waals surface area contributed by atoms with Crippen LogP contribution in [0.5, 0.6) is 0 Å². The fourth-order valence-corrected chi connectivity index (χ4v) is 1.49. The number of carbonyl (C=O) groups is 1. The van der Waals surface area contributed by atoms with Crippen molar-refractivity contribution in [2.45, 2.75) is 44.8 Å². The van der Waals surface area contributed by atoms with Crippen LogP contribution < -0.4 is 0 Å². The molecule has 0 aromatic rings. The number of esters is 1. The molecule has 5 nitrogen and oxygen atoms in total. The lowest BCUT2D eigenvalue weighted by atomic mass is 10.1. The van der Waals surface area contributed by atoms with Gasteiger partial charge in [-0.3, -0.25) is 4.79 Å². The number of carbonyl (C=O) groups excluding carboxylic acids is 1. The van der Waals surface area contributed by atoms with Gasteiger partial charge in [-0.25, -0.2) is 0 Å². The van der Waals surface area contributed by atoms with Gasteiger partial charge in [0.1, 0.15) is 0 Å². The molecule has 0 atom stereocenters. The molecular formula is C10H17NO4. The van der Waals surface area contributed by atoms with Gasteiger partial charge in [0.2, 0.25) is 5.72 Å². The summed E-state index contributed by atoms with van der Waals surface area (Å²) in [4.78, 5) is 22.1. The van der Waals surface area contributed by atoms with Gasteiger partial charge in [-0.2, -0.15) is 0 Å². The molecule has 0 aromatic carbocycles. The molecule has 0 bridgehead atoms. The van der Waals surface area contributed by atoms with E-state index in [0.29, 0.717) is 32.5 Å². The number of hydrogen-bond donors (Lipinski definition) is 0. The predicted octanol–water partition coefficient (Wildman–Crippen LogP) is 1.99. The average Bonchev–Trinajstić information content (AvgIpc) is 2.27. The third-order valence-electron chi connectivity index (χ3n) is 2.48. The topological polar surface area (TPSA) is 65.0 Å². The van der Waals surface area contributed by atoms with Crippen LogP contribution in [0.4, 0.5) is 0 Å². The molecule has 1 aliphatic heterocycles. The van der Waals surface area contributed by atoms with E-state index in [0.717, 1.165) is 12.8 Å². The Morgan fingerprint density at radius 3 is 2.67 bits per heavy atom. The molecule has 1 saturated heterocycles. The summed E-state index contributed by atoms with van der Waals surface area (Å²) in [6.07, 6.45) is 2.81.